The van der Waals surface area contributed by atoms with Gasteiger partial charge in [-0.05, 0) is 47.8 Å². The van der Waals surface area contributed by atoms with Crippen molar-refractivity contribution in [2.45, 2.75) is 11.4 Å². The number of sulfonamides is 1. The molecule has 2 aromatic carbocycles. The highest BCUT2D eigenvalue weighted by Crippen LogP contribution is 2.30. The van der Waals surface area contributed by atoms with Crippen LogP contribution in [0.5, 0.6) is 5.75 Å². The maximum atomic E-state index is 12.8. The van der Waals surface area contributed by atoms with Crippen molar-refractivity contribution in [3.8, 4) is 5.75 Å². The summed E-state index contributed by atoms with van der Waals surface area (Å²) < 4.78 is 33.1. The van der Waals surface area contributed by atoms with E-state index in [1.54, 1.807) is 18.2 Å². The number of benzene rings is 2. The molecule has 3 aromatic rings. The number of rotatable bonds is 7. The molecule has 0 aliphatic heterocycles. The van der Waals surface area contributed by atoms with E-state index < -0.39 is 10.0 Å². The van der Waals surface area contributed by atoms with E-state index in [0.717, 1.165) is 4.88 Å². The summed E-state index contributed by atoms with van der Waals surface area (Å²) in [6.07, 6.45) is 0. The molecule has 0 saturated carbocycles. The van der Waals surface area contributed by atoms with Crippen LogP contribution in [0, 0.1) is 0 Å². The third-order valence-electron chi connectivity index (χ3n) is 3.82. The number of ether oxygens (including phenoxy) is 1. The van der Waals surface area contributed by atoms with Crippen LogP contribution in [-0.2, 0) is 16.6 Å². The average Bonchev–Trinajstić information content (AvgIpc) is 3.20. The topological polar surface area (TPSA) is 84.5 Å². The van der Waals surface area contributed by atoms with Gasteiger partial charge in [-0.15, -0.1) is 11.3 Å². The molecule has 0 fully saturated rings. The van der Waals surface area contributed by atoms with E-state index in [-0.39, 0.29) is 22.1 Å². The zero-order valence-corrected chi connectivity index (χ0v) is 17.2. The van der Waals surface area contributed by atoms with Crippen LogP contribution < -0.4 is 14.8 Å². The molecule has 146 valence electrons. The summed E-state index contributed by atoms with van der Waals surface area (Å²) >= 11 is 7.48. The second-order valence-electron chi connectivity index (χ2n) is 5.74. The van der Waals surface area contributed by atoms with E-state index in [2.05, 4.69) is 10.0 Å². The third kappa shape index (κ3) is 4.83. The molecule has 1 heterocycles. The van der Waals surface area contributed by atoms with Gasteiger partial charge in [0.25, 0.3) is 15.9 Å². The first-order valence-corrected chi connectivity index (χ1v) is 10.9. The van der Waals surface area contributed by atoms with Gasteiger partial charge in [0.2, 0.25) is 0 Å². The Labute approximate surface area is 172 Å². The third-order valence-corrected chi connectivity index (χ3v) is 6.29. The van der Waals surface area contributed by atoms with Gasteiger partial charge in [-0.2, -0.15) is 0 Å². The molecule has 9 heteroatoms. The fraction of sp³-hybridized carbons (Fsp3) is 0.105. The lowest BCUT2D eigenvalue weighted by atomic mass is 10.2. The first kappa shape index (κ1) is 20.2. The molecule has 2 N–H and O–H groups in total. The Morgan fingerprint density at radius 3 is 2.68 bits per heavy atom. The predicted octanol–water partition coefficient (Wildman–Crippen LogP) is 4.14. The van der Waals surface area contributed by atoms with Gasteiger partial charge < -0.3 is 10.1 Å². The summed E-state index contributed by atoms with van der Waals surface area (Å²) in [6.45, 7) is 0.380. The summed E-state index contributed by atoms with van der Waals surface area (Å²) in [7, 11) is -2.51. The predicted molar refractivity (Wildman–Crippen MR) is 111 cm³/mol. The van der Waals surface area contributed by atoms with E-state index in [0.29, 0.717) is 17.3 Å². The second kappa shape index (κ2) is 8.64. The molecule has 3 rings (SSSR count). The van der Waals surface area contributed by atoms with E-state index >= 15 is 0 Å². The lowest BCUT2D eigenvalue weighted by Crippen LogP contribution is -2.23. The van der Waals surface area contributed by atoms with Crippen molar-refractivity contribution in [2.24, 2.45) is 0 Å². The molecular formula is C19H17ClN2O4S2. The lowest BCUT2D eigenvalue weighted by molar-refractivity contribution is 0.0951. The van der Waals surface area contributed by atoms with Gasteiger partial charge in [0.05, 0.1) is 24.2 Å². The van der Waals surface area contributed by atoms with E-state index in [4.69, 9.17) is 16.3 Å². The number of amides is 1. The Bertz CT molecular complexity index is 1080. The van der Waals surface area contributed by atoms with Crippen molar-refractivity contribution in [3.63, 3.8) is 0 Å². The summed E-state index contributed by atoms with van der Waals surface area (Å²) in [5.74, 6) is -0.0244. The van der Waals surface area contributed by atoms with Crippen LogP contribution in [0.15, 0.2) is 64.9 Å². The van der Waals surface area contributed by atoms with Crippen LogP contribution >= 0.6 is 22.9 Å². The van der Waals surface area contributed by atoms with Crippen LogP contribution in [0.3, 0.4) is 0 Å². The van der Waals surface area contributed by atoms with Gasteiger partial charge in [0.15, 0.2) is 0 Å². The Hall–Kier alpha value is -2.55. The minimum absolute atomic E-state index is 0.0432. The zero-order chi connectivity index (χ0) is 20.1. The smallest absolute Gasteiger partial charge is 0.262 e. The van der Waals surface area contributed by atoms with Crippen molar-refractivity contribution < 1.29 is 17.9 Å². The Balaban J connectivity index is 1.80. The summed E-state index contributed by atoms with van der Waals surface area (Å²) in [5.41, 5.74) is 0.458. The largest absolute Gasteiger partial charge is 0.495 e. The van der Waals surface area contributed by atoms with Gasteiger partial charge in [0.1, 0.15) is 5.75 Å². The number of carbonyl (C=O) groups is 1. The molecule has 0 spiro atoms. The monoisotopic (exact) mass is 436 g/mol. The molecule has 6 nitrogen and oxygen atoms in total. The number of carbonyl (C=O) groups excluding carboxylic acids is 1. The standard InChI is InChI=1S/C19H17ClN2O4S2/c1-26-18-8-7-14(20)11-17(18)22-28(24,25)16-6-2-4-13(10-16)19(23)21-12-15-5-3-9-27-15/h2-11,22H,12H2,1H3,(H,21,23). The number of methoxy groups -OCH3 is 1. The molecule has 0 aliphatic carbocycles. The summed E-state index contributed by atoms with van der Waals surface area (Å²) in [6, 6.07) is 14.2. The quantitative estimate of drug-likeness (QED) is 0.583. The molecule has 28 heavy (non-hydrogen) atoms. The van der Waals surface area contributed by atoms with Crippen molar-refractivity contribution >= 4 is 44.6 Å². The van der Waals surface area contributed by atoms with Crippen molar-refractivity contribution in [3.05, 3.63) is 75.4 Å². The van der Waals surface area contributed by atoms with E-state index in [1.807, 2.05) is 17.5 Å². The second-order valence-corrected chi connectivity index (χ2v) is 8.89. The number of anilines is 1. The van der Waals surface area contributed by atoms with Crippen LogP contribution in [0.4, 0.5) is 5.69 Å². The minimum Gasteiger partial charge on any atom is -0.495 e. The molecule has 0 unspecified atom stereocenters. The number of hydrogen-bond acceptors (Lipinski definition) is 5. The summed E-state index contributed by atoms with van der Waals surface area (Å²) in [5, 5.41) is 5.06. The van der Waals surface area contributed by atoms with Crippen molar-refractivity contribution in [1.82, 2.24) is 5.32 Å². The van der Waals surface area contributed by atoms with Gasteiger partial charge in [0, 0.05) is 15.5 Å². The van der Waals surface area contributed by atoms with Crippen LogP contribution in [0.1, 0.15) is 15.2 Å². The molecule has 0 saturated heterocycles. The molecule has 1 amide bonds. The number of thiophene rings is 1. The number of halogens is 1. The Morgan fingerprint density at radius 1 is 1.14 bits per heavy atom. The molecular weight excluding hydrogens is 420 g/mol. The van der Waals surface area contributed by atoms with Crippen molar-refractivity contribution in [1.29, 1.82) is 0 Å². The highest BCUT2D eigenvalue weighted by Gasteiger charge is 2.18. The van der Waals surface area contributed by atoms with Crippen LogP contribution in [-0.4, -0.2) is 21.4 Å². The Kier molecular flexibility index (Phi) is 6.23. The SMILES string of the molecule is COc1ccc(Cl)cc1NS(=O)(=O)c1cccc(C(=O)NCc2cccs2)c1. The highest BCUT2D eigenvalue weighted by molar-refractivity contribution is 7.92. The van der Waals surface area contributed by atoms with E-state index in [1.165, 1.54) is 42.7 Å². The molecule has 0 aliphatic rings. The van der Waals surface area contributed by atoms with Gasteiger partial charge >= 0.3 is 0 Å². The normalized spacial score (nSPS) is 11.1. The van der Waals surface area contributed by atoms with Gasteiger partial charge in [-0.1, -0.05) is 23.7 Å². The fourth-order valence-corrected chi connectivity index (χ4v) is 4.37. The maximum absolute atomic E-state index is 12.8. The number of hydrogen-bond donors (Lipinski definition) is 2. The lowest BCUT2D eigenvalue weighted by Gasteiger charge is -2.13. The van der Waals surface area contributed by atoms with Crippen molar-refractivity contribution in [2.75, 3.05) is 11.8 Å². The van der Waals surface area contributed by atoms with Crippen LogP contribution in [0.25, 0.3) is 0 Å². The Morgan fingerprint density at radius 2 is 1.96 bits per heavy atom. The molecule has 0 radical (unpaired) electrons. The summed E-state index contributed by atoms with van der Waals surface area (Å²) in [4.78, 5) is 13.3. The van der Waals surface area contributed by atoms with E-state index in [9.17, 15) is 13.2 Å². The van der Waals surface area contributed by atoms with Crippen LogP contribution in [0.2, 0.25) is 5.02 Å². The average molecular weight is 437 g/mol. The molecule has 0 bridgehead atoms. The molecule has 0 atom stereocenters. The molecule has 1 aromatic heterocycles. The van der Waals surface area contributed by atoms with Gasteiger partial charge in [-0.25, -0.2) is 8.42 Å². The maximum Gasteiger partial charge on any atom is 0.262 e. The zero-order valence-electron chi connectivity index (χ0n) is 14.8. The first-order valence-electron chi connectivity index (χ1n) is 8.16. The van der Waals surface area contributed by atoms with Gasteiger partial charge in [-0.3, -0.25) is 9.52 Å². The fourth-order valence-electron chi connectivity index (χ4n) is 2.45. The first-order chi connectivity index (χ1) is 13.4. The number of nitrogens with one attached hydrogen (secondary N) is 2. The minimum atomic E-state index is -3.94. The highest BCUT2D eigenvalue weighted by atomic mass is 35.5.